The number of hydrogen-bond acceptors (Lipinski definition) is 4. The zero-order valence-corrected chi connectivity index (χ0v) is 14.7. The van der Waals surface area contributed by atoms with Crippen molar-refractivity contribution < 1.29 is 13.2 Å². The summed E-state index contributed by atoms with van der Waals surface area (Å²) in [7, 11) is -3.62. The molecular formula is C18H22N2O3S. The molecule has 0 saturated heterocycles. The van der Waals surface area contributed by atoms with E-state index in [1.807, 2.05) is 37.3 Å². The first-order chi connectivity index (χ1) is 11.5. The van der Waals surface area contributed by atoms with E-state index in [2.05, 4.69) is 9.93 Å². The van der Waals surface area contributed by atoms with Crippen molar-refractivity contribution in [3.05, 3.63) is 65.7 Å². The highest BCUT2D eigenvalue weighted by atomic mass is 32.2. The van der Waals surface area contributed by atoms with Gasteiger partial charge in [-0.25, -0.2) is 4.83 Å². The number of ether oxygens (including phenoxy) is 1. The van der Waals surface area contributed by atoms with E-state index in [9.17, 15) is 8.42 Å². The molecule has 24 heavy (non-hydrogen) atoms. The SMILES string of the molecule is C/C(CCOCc1ccccc1)=N\NS(=O)(=O)c1ccc(C)cc1. The van der Waals surface area contributed by atoms with Crippen molar-refractivity contribution in [3.8, 4) is 0 Å². The Morgan fingerprint density at radius 3 is 2.42 bits per heavy atom. The Bertz CT molecular complexity index is 770. The van der Waals surface area contributed by atoms with E-state index in [1.165, 1.54) is 0 Å². The quantitative estimate of drug-likeness (QED) is 0.453. The number of aryl methyl sites for hydroxylation is 1. The minimum atomic E-state index is -3.62. The molecule has 2 rings (SSSR count). The van der Waals surface area contributed by atoms with E-state index in [0.29, 0.717) is 25.3 Å². The zero-order chi connectivity index (χ0) is 17.4. The topological polar surface area (TPSA) is 67.8 Å². The molecule has 0 aliphatic rings. The van der Waals surface area contributed by atoms with Gasteiger partial charge < -0.3 is 4.74 Å². The molecule has 0 fully saturated rings. The lowest BCUT2D eigenvalue weighted by Crippen LogP contribution is -2.20. The standard InChI is InChI=1S/C18H22N2O3S/c1-15-8-10-18(11-9-15)24(21,22)20-19-16(2)12-13-23-14-17-6-4-3-5-7-17/h3-11,20H,12-14H2,1-2H3/b19-16+. The van der Waals surface area contributed by atoms with Crippen LogP contribution >= 0.6 is 0 Å². The number of nitrogens with zero attached hydrogens (tertiary/aromatic N) is 1. The molecule has 128 valence electrons. The lowest BCUT2D eigenvalue weighted by molar-refractivity contribution is 0.127. The smallest absolute Gasteiger partial charge is 0.276 e. The molecule has 0 saturated carbocycles. The fourth-order valence-electron chi connectivity index (χ4n) is 1.95. The molecule has 0 heterocycles. The molecule has 0 aromatic heterocycles. The Hall–Kier alpha value is -2.18. The first-order valence-corrected chi connectivity index (χ1v) is 9.19. The van der Waals surface area contributed by atoms with Gasteiger partial charge in [0.1, 0.15) is 0 Å². The van der Waals surface area contributed by atoms with Crippen LogP contribution in [0.2, 0.25) is 0 Å². The lowest BCUT2D eigenvalue weighted by atomic mass is 10.2. The molecule has 0 amide bonds. The zero-order valence-electron chi connectivity index (χ0n) is 13.9. The maximum absolute atomic E-state index is 12.1. The van der Waals surface area contributed by atoms with Gasteiger partial charge in [-0.2, -0.15) is 13.5 Å². The number of hydrazone groups is 1. The largest absolute Gasteiger partial charge is 0.376 e. The molecule has 2 aromatic rings. The van der Waals surface area contributed by atoms with Gasteiger partial charge in [0.2, 0.25) is 0 Å². The van der Waals surface area contributed by atoms with Crippen molar-refractivity contribution in [1.82, 2.24) is 4.83 Å². The van der Waals surface area contributed by atoms with Gasteiger partial charge in [-0.15, -0.1) is 0 Å². The van der Waals surface area contributed by atoms with Gasteiger partial charge in [0.25, 0.3) is 10.0 Å². The molecule has 0 atom stereocenters. The van der Waals surface area contributed by atoms with E-state index in [0.717, 1.165) is 11.1 Å². The monoisotopic (exact) mass is 346 g/mol. The minimum absolute atomic E-state index is 0.199. The van der Waals surface area contributed by atoms with Crippen LogP contribution in [0.1, 0.15) is 24.5 Å². The number of benzene rings is 2. The van der Waals surface area contributed by atoms with Gasteiger partial charge in [0.05, 0.1) is 18.1 Å². The third-order valence-electron chi connectivity index (χ3n) is 3.41. The highest BCUT2D eigenvalue weighted by molar-refractivity contribution is 7.89. The van der Waals surface area contributed by atoms with Gasteiger partial charge in [0.15, 0.2) is 0 Å². The summed E-state index contributed by atoms with van der Waals surface area (Å²) in [5, 5.41) is 3.94. The van der Waals surface area contributed by atoms with Gasteiger partial charge >= 0.3 is 0 Å². The number of rotatable bonds is 8. The summed E-state index contributed by atoms with van der Waals surface area (Å²) in [6.45, 7) is 4.69. The Morgan fingerprint density at radius 1 is 1.08 bits per heavy atom. The first kappa shape index (κ1) is 18.2. The van der Waals surface area contributed by atoms with E-state index in [-0.39, 0.29) is 4.90 Å². The Labute approximate surface area is 143 Å². The van der Waals surface area contributed by atoms with Crippen LogP contribution in [0.4, 0.5) is 0 Å². The van der Waals surface area contributed by atoms with Gasteiger partial charge in [0, 0.05) is 12.1 Å². The summed E-state index contributed by atoms with van der Waals surface area (Å²) in [6.07, 6.45) is 0.559. The molecule has 0 radical (unpaired) electrons. The maximum Gasteiger partial charge on any atom is 0.276 e. The highest BCUT2D eigenvalue weighted by Crippen LogP contribution is 2.09. The lowest BCUT2D eigenvalue weighted by Gasteiger charge is -2.06. The molecule has 2 aromatic carbocycles. The molecule has 1 N–H and O–H groups in total. The third-order valence-corrected chi connectivity index (χ3v) is 4.63. The van der Waals surface area contributed by atoms with E-state index >= 15 is 0 Å². The fourth-order valence-corrected chi connectivity index (χ4v) is 2.82. The second-order valence-corrected chi connectivity index (χ2v) is 7.20. The second kappa shape index (κ2) is 8.61. The Balaban J connectivity index is 1.79. The van der Waals surface area contributed by atoms with Crippen molar-refractivity contribution in [2.75, 3.05) is 6.61 Å². The number of hydrogen-bond donors (Lipinski definition) is 1. The van der Waals surface area contributed by atoms with Crippen LogP contribution in [0.3, 0.4) is 0 Å². The van der Waals surface area contributed by atoms with Crippen molar-refractivity contribution in [3.63, 3.8) is 0 Å². The summed E-state index contributed by atoms with van der Waals surface area (Å²) in [4.78, 5) is 2.46. The summed E-state index contributed by atoms with van der Waals surface area (Å²) >= 11 is 0. The van der Waals surface area contributed by atoms with Crippen LogP contribution in [0.15, 0.2) is 64.6 Å². The van der Waals surface area contributed by atoms with Crippen molar-refractivity contribution in [1.29, 1.82) is 0 Å². The summed E-state index contributed by atoms with van der Waals surface area (Å²) in [5.74, 6) is 0. The van der Waals surface area contributed by atoms with Gasteiger partial charge in [-0.1, -0.05) is 48.0 Å². The van der Waals surface area contributed by atoms with Crippen LogP contribution in [0.25, 0.3) is 0 Å². The maximum atomic E-state index is 12.1. The Morgan fingerprint density at radius 2 is 1.75 bits per heavy atom. The van der Waals surface area contributed by atoms with Crippen LogP contribution in [-0.4, -0.2) is 20.7 Å². The van der Waals surface area contributed by atoms with Gasteiger partial charge in [-0.05, 0) is 31.5 Å². The van der Waals surface area contributed by atoms with Crippen LogP contribution in [0, 0.1) is 6.92 Å². The molecule has 5 nitrogen and oxygen atoms in total. The number of nitrogens with one attached hydrogen (secondary N) is 1. The van der Waals surface area contributed by atoms with E-state index in [1.54, 1.807) is 31.2 Å². The summed E-state index contributed by atoms with van der Waals surface area (Å²) in [5.41, 5.74) is 2.77. The molecule has 0 aliphatic heterocycles. The summed E-state index contributed by atoms with van der Waals surface area (Å²) in [6, 6.07) is 16.5. The number of sulfonamides is 1. The van der Waals surface area contributed by atoms with Crippen molar-refractivity contribution >= 4 is 15.7 Å². The fraction of sp³-hybridized carbons (Fsp3) is 0.278. The molecule has 0 spiro atoms. The van der Waals surface area contributed by atoms with Crippen LogP contribution in [-0.2, 0) is 21.4 Å². The predicted octanol–water partition coefficient (Wildman–Crippen LogP) is 3.26. The van der Waals surface area contributed by atoms with Crippen molar-refractivity contribution in [2.45, 2.75) is 31.8 Å². The Kier molecular flexibility index (Phi) is 6.52. The molecule has 0 bridgehead atoms. The molecular weight excluding hydrogens is 324 g/mol. The van der Waals surface area contributed by atoms with Crippen LogP contribution in [0.5, 0.6) is 0 Å². The first-order valence-electron chi connectivity index (χ1n) is 7.71. The molecule has 0 aliphatic carbocycles. The van der Waals surface area contributed by atoms with Crippen LogP contribution < -0.4 is 4.83 Å². The normalized spacial score (nSPS) is 12.2. The van der Waals surface area contributed by atoms with Gasteiger partial charge in [-0.3, -0.25) is 0 Å². The predicted molar refractivity (Wildman–Crippen MR) is 95.3 cm³/mol. The molecule has 6 heteroatoms. The average molecular weight is 346 g/mol. The van der Waals surface area contributed by atoms with E-state index in [4.69, 9.17) is 4.74 Å². The summed E-state index contributed by atoms with van der Waals surface area (Å²) < 4.78 is 29.8. The van der Waals surface area contributed by atoms with E-state index < -0.39 is 10.0 Å². The highest BCUT2D eigenvalue weighted by Gasteiger charge is 2.12. The third kappa shape index (κ3) is 5.79. The second-order valence-electron chi connectivity index (χ2n) is 5.54. The minimum Gasteiger partial charge on any atom is -0.376 e. The van der Waals surface area contributed by atoms with Crippen molar-refractivity contribution in [2.24, 2.45) is 5.10 Å². The average Bonchev–Trinajstić information content (AvgIpc) is 2.58. The molecule has 0 unspecified atom stereocenters.